The third-order valence-corrected chi connectivity index (χ3v) is 2.95. The van der Waals surface area contributed by atoms with Crippen LogP contribution < -0.4 is 10.1 Å². The van der Waals surface area contributed by atoms with Crippen molar-refractivity contribution in [2.75, 3.05) is 12.4 Å². The van der Waals surface area contributed by atoms with Crippen molar-refractivity contribution in [1.29, 1.82) is 0 Å². The number of anilines is 2. The van der Waals surface area contributed by atoms with E-state index in [4.69, 9.17) is 27.9 Å². The average Bonchev–Trinajstić information content (AvgIpc) is 2.38. The zero-order valence-corrected chi connectivity index (χ0v) is 11.6. The van der Waals surface area contributed by atoms with E-state index >= 15 is 0 Å². The van der Waals surface area contributed by atoms with E-state index in [1.807, 2.05) is 0 Å². The summed E-state index contributed by atoms with van der Waals surface area (Å²) >= 11 is 11.7. The highest BCUT2D eigenvalue weighted by atomic mass is 35.5. The first-order valence-electron chi connectivity index (χ1n) is 5.28. The van der Waals surface area contributed by atoms with Crippen LogP contribution in [0.5, 0.6) is 5.75 Å². The second-order valence-corrected chi connectivity index (χ2v) is 4.36. The van der Waals surface area contributed by atoms with E-state index in [-0.39, 0.29) is 11.0 Å². The first-order valence-corrected chi connectivity index (χ1v) is 6.04. The van der Waals surface area contributed by atoms with E-state index in [0.29, 0.717) is 16.5 Å². The molecule has 0 bridgehead atoms. The van der Waals surface area contributed by atoms with Gasteiger partial charge in [-0.3, -0.25) is 10.1 Å². The molecule has 104 valence electrons. The molecule has 0 amide bonds. The topological polar surface area (TPSA) is 90.2 Å². The van der Waals surface area contributed by atoms with Crippen LogP contribution in [0.1, 0.15) is 0 Å². The number of methoxy groups -OCH3 is 1. The molecule has 0 aliphatic rings. The SMILES string of the molecule is COc1ccc(Nc2ncnc(Cl)c2[N+](=O)[O-])cc1Cl. The van der Waals surface area contributed by atoms with E-state index in [1.165, 1.54) is 7.11 Å². The zero-order chi connectivity index (χ0) is 14.7. The van der Waals surface area contributed by atoms with Gasteiger partial charge in [-0.15, -0.1) is 0 Å². The molecule has 1 heterocycles. The minimum absolute atomic E-state index is 0.0174. The molecule has 9 heteroatoms. The Balaban J connectivity index is 2.38. The first-order chi connectivity index (χ1) is 9.52. The number of ether oxygens (including phenoxy) is 1. The van der Waals surface area contributed by atoms with Gasteiger partial charge < -0.3 is 10.1 Å². The van der Waals surface area contributed by atoms with Crippen LogP contribution in [-0.4, -0.2) is 22.0 Å². The van der Waals surface area contributed by atoms with Crippen LogP contribution in [0, 0.1) is 10.1 Å². The van der Waals surface area contributed by atoms with E-state index in [9.17, 15) is 10.1 Å². The molecule has 0 saturated carbocycles. The maximum absolute atomic E-state index is 11.0. The normalized spacial score (nSPS) is 10.2. The van der Waals surface area contributed by atoms with Crippen molar-refractivity contribution in [2.24, 2.45) is 0 Å². The van der Waals surface area contributed by atoms with Crippen molar-refractivity contribution in [3.8, 4) is 5.75 Å². The van der Waals surface area contributed by atoms with E-state index < -0.39 is 10.6 Å². The van der Waals surface area contributed by atoms with Gasteiger partial charge in [0.05, 0.1) is 17.1 Å². The van der Waals surface area contributed by atoms with Gasteiger partial charge in [0.2, 0.25) is 11.0 Å². The van der Waals surface area contributed by atoms with Crippen LogP contribution in [0.3, 0.4) is 0 Å². The molecule has 1 aromatic carbocycles. The molecule has 1 aromatic heterocycles. The highest BCUT2D eigenvalue weighted by Gasteiger charge is 2.21. The predicted octanol–water partition coefficient (Wildman–Crippen LogP) is 3.44. The molecule has 0 aliphatic heterocycles. The number of hydrogen-bond donors (Lipinski definition) is 1. The van der Waals surface area contributed by atoms with Crippen LogP contribution in [0.15, 0.2) is 24.5 Å². The van der Waals surface area contributed by atoms with Crippen LogP contribution in [-0.2, 0) is 0 Å². The van der Waals surface area contributed by atoms with Crippen molar-refractivity contribution in [3.63, 3.8) is 0 Å². The highest BCUT2D eigenvalue weighted by molar-refractivity contribution is 6.32. The summed E-state index contributed by atoms with van der Waals surface area (Å²) in [5, 5.41) is 13.8. The molecule has 2 rings (SSSR count). The second kappa shape index (κ2) is 5.89. The summed E-state index contributed by atoms with van der Waals surface area (Å²) in [4.78, 5) is 17.7. The van der Waals surface area contributed by atoms with Gasteiger partial charge in [-0.25, -0.2) is 9.97 Å². The van der Waals surface area contributed by atoms with Crippen molar-refractivity contribution >= 4 is 40.4 Å². The van der Waals surface area contributed by atoms with Crippen molar-refractivity contribution in [2.45, 2.75) is 0 Å². The molecule has 2 aromatic rings. The molecule has 0 unspecified atom stereocenters. The third kappa shape index (κ3) is 2.89. The Kier molecular flexibility index (Phi) is 4.21. The van der Waals surface area contributed by atoms with Crippen LogP contribution in [0.2, 0.25) is 10.2 Å². The molecular weight excluding hydrogens is 307 g/mol. The minimum Gasteiger partial charge on any atom is -0.495 e. The van der Waals surface area contributed by atoms with E-state index in [2.05, 4.69) is 15.3 Å². The molecule has 0 aliphatic carbocycles. The van der Waals surface area contributed by atoms with E-state index in [1.54, 1.807) is 18.2 Å². The fraction of sp³-hybridized carbons (Fsp3) is 0.0909. The average molecular weight is 315 g/mol. The van der Waals surface area contributed by atoms with Crippen LogP contribution in [0.25, 0.3) is 0 Å². The second-order valence-electron chi connectivity index (χ2n) is 3.59. The Morgan fingerprint density at radius 2 is 2.10 bits per heavy atom. The van der Waals surface area contributed by atoms with Gasteiger partial charge in [0.15, 0.2) is 0 Å². The zero-order valence-electron chi connectivity index (χ0n) is 10.1. The van der Waals surface area contributed by atoms with Gasteiger partial charge in [-0.2, -0.15) is 0 Å². The Morgan fingerprint density at radius 1 is 1.35 bits per heavy atom. The van der Waals surface area contributed by atoms with Gasteiger partial charge >= 0.3 is 5.69 Å². The highest BCUT2D eigenvalue weighted by Crippen LogP contribution is 2.33. The number of nitrogens with one attached hydrogen (secondary N) is 1. The maximum atomic E-state index is 11.0. The third-order valence-electron chi connectivity index (χ3n) is 2.37. The molecule has 0 atom stereocenters. The number of halogens is 2. The van der Waals surface area contributed by atoms with Crippen molar-refractivity contribution in [1.82, 2.24) is 9.97 Å². The Bertz CT molecular complexity index is 666. The lowest BCUT2D eigenvalue weighted by atomic mass is 10.3. The van der Waals surface area contributed by atoms with Gasteiger partial charge in [0.25, 0.3) is 0 Å². The number of nitro groups is 1. The quantitative estimate of drug-likeness (QED) is 0.528. The predicted molar refractivity (Wildman–Crippen MR) is 75.0 cm³/mol. The lowest BCUT2D eigenvalue weighted by molar-refractivity contribution is -0.384. The largest absolute Gasteiger partial charge is 0.495 e. The van der Waals surface area contributed by atoms with Gasteiger partial charge in [-0.1, -0.05) is 23.2 Å². The summed E-state index contributed by atoms with van der Waals surface area (Å²) in [7, 11) is 1.49. The molecule has 0 saturated heterocycles. The number of nitrogens with zero attached hydrogens (tertiary/aromatic N) is 3. The first kappa shape index (κ1) is 14.3. The van der Waals surface area contributed by atoms with Gasteiger partial charge in [-0.05, 0) is 18.2 Å². The molecule has 1 N–H and O–H groups in total. The molecule has 0 fully saturated rings. The summed E-state index contributed by atoms with van der Waals surface area (Å²) in [6, 6.07) is 4.82. The van der Waals surface area contributed by atoms with Crippen LogP contribution >= 0.6 is 23.2 Å². The molecule has 7 nitrogen and oxygen atoms in total. The molecule has 0 spiro atoms. The number of rotatable bonds is 4. The van der Waals surface area contributed by atoms with E-state index in [0.717, 1.165) is 6.33 Å². The fourth-order valence-electron chi connectivity index (χ4n) is 1.49. The Hall–Kier alpha value is -2.12. The van der Waals surface area contributed by atoms with Crippen LogP contribution in [0.4, 0.5) is 17.2 Å². The maximum Gasteiger partial charge on any atom is 0.348 e. The van der Waals surface area contributed by atoms with Gasteiger partial charge in [0.1, 0.15) is 12.1 Å². The summed E-state index contributed by atoms with van der Waals surface area (Å²) in [6.45, 7) is 0. The Morgan fingerprint density at radius 3 is 2.70 bits per heavy atom. The smallest absolute Gasteiger partial charge is 0.348 e. The van der Waals surface area contributed by atoms with Crippen molar-refractivity contribution < 1.29 is 9.66 Å². The van der Waals surface area contributed by atoms with Gasteiger partial charge in [0, 0.05) is 5.69 Å². The lowest BCUT2D eigenvalue weighted by Gasteiger charge is -2.08. The molecule has 20 heavy (non-hydrogen) atoms. The molecular formula is C11H8Cl2N4O3. The van der Waals surface area contributed by atoms with Crippen molar-refractivity contribution in [3.05, 3.63) is 44.8 Å². The minimum atomic E-state index is -0.657. The monoisotopic (exact) mass is 314 g/mol. The number of hydrogen-bond acceptors (Lipinski definition) is 6. The Labute approximate surface area is 123 Å². The standard InChI is InChI=1S/C11H8Cl2N4O3/c1-20-8-3-2-6(4-7(8)12)16-11-9(17(18)19)10(13)14-5-15-11/h2-5H,1H3,(H,14,15,16). The summed E-state index contributed by atoms with van der Waals surface area (Å²) in [6.07, 6.45) is 1.13. The lowest BCUT2D eigenvalue weighted by Crippen LogP contribution is -2.01. The summed E-state index contributed by atoms with van der Waals surface area (Å²) in [5.74, 6) is 0.476. The summed E-state index contributed by atoms with van der Waals surface area (Å²) in [5.41, 5.74) is 0.106. The number of aromatic nitrogens is 2. The fourth-order valence-corrected chi connectivity index (χ4v) is 1.95. The summed E-state index contributed by atoms with van der Waals surface area (Å²) < 4.78 is 5.02. The number of benzene rings is 1. The molecule has 0 radical (unpaired) electrons.